The Bertz CT molecular complexity index is 648. The van der Waals surface area contributed by atoms with E-state index in [0.717, 1.165) is 33.4 Å². The molecule has 0 aliphatic carbocycles. The number of hydrogen-bond acceptors (Lipinski definition) is 3. The summed E-state index contributed by atoms with van der Waals surface area (Å²) in [7, 11) is 1.65. The summed E-state index contributed by atoms with van der Waals surface area (Å²) in [5.74, 6) is 1.54. The van der Waals surface area contributed by atoms with Crippen molar-refractivity contribution < 1.29 is 13.9 Å². The van der Waals surface area contributed by atoms with Gasteiger partial charge in [0.25, 0.3) is 0 Å². The van der Waals surface area contributed by atoms with Gasteiger partial charge in [0.05, 0.1) is 12.7 Å². The third-order valence-corrected chi connectivity index (χ3v) is 3.60. The number of fused-ring (bicyclic) bond motifs is 1. The monoisotopic (exact) mass is 246 g/mol. The molecule has 0 radical (unpaired) electrons. The Morgan fingerprint density at radius 2 is 1.67 bits per heavy atom. The van der Waals surface area contributed by atoms with Crippen molar-refractivity contribution in [1.82, 2.24) is 0 Å². The SMILES string of the molecule is COc1c(C)c(C)c2oc(C)c(C(C)=O)c2c1C. The molecule has 0 amide bonds. The van der Waals surface area contributed by atoms with Gasteiger partial charge < -0.3 is 9.15 Å². The fourth-order valence-corrected chi connectivity index (χ4v) is 2.63. The van der Waals surface area contributed by atoms with Crippen molar-refractivity contribution in [2.24, 2.45) is 0 Å². The van der Waals surface area contributed by atoms with E-state index in [0.29, 0.717) is 11.3 Å². The molecule has 96 valence electrons. The Balaban J connectivity index is 3.04. The van der Waals surface area contributed by atoms with E-state index in [1.807, 2.05) is 27.7 Å². The molecular formula is C15H18O3. The van der Waals surface area contributed by atoms with Gasteiger partial charge in [0.1, 0.15) is 17.1 Å². The van der Waals surface area contributed by atoms with Crippen LogP contribution < -0.4 is 4.74 Å². The summed E-state index contributed by atoms with van der Waals surface area (Å²) in [4.78, 5) is 11.8. The average molecular weight is 246 g/mol. The Kier molecular flexibility index (Phi) is 2.93. The minimum atomic E-state index is 0.0275. The van der Waals surface area contributed by atoms with Crippen molar-refractivity contribution in [3.05, 3.63) is 28.0 Å². The maximum Gasteiger partial charge on any atom is 0.163 e. The summed E-state index contributed by atoms with van der Waals surface area (Å²) in [6, 6.07) is 0. The molecule has 2 aromatic rings. The van der Waals surface area contributed by atoms with Gasteiger partial charge in [-0.1, -0.05) is 0 Å². The van der Waals surface area contributed by atoms with Crippen molar-refractivity contribution in [1.29, 1.82) is 0 Å². The lowest BCUT2D eigenvalue weighted by atomic mass is 9.96. The molecule has 3 heteroatoms. The average Bonchev–Trinajstić information content (AvgIpc) is 2.65. The first-order valence-corrected chi connectivity index (χ1v) is 5.97. The number of rotatable bonds is 2. The second-order valence-corrected chi connectivity index (χ2v) is 4.70. The molecule has 0 atom stereocenters. The highest BCUT2D eigenvalue weighted by Gasteiger charge is 2.22. The van der Waals surface area contributed by atoms with Crippen molar-refractivity contribution in [2.75, 3.05) is 7.11 Å². The second kappa shape index (κ2) is 4.16. The van der Waals surface area contributed by atoms with E-state index >= 15 is 0 Å². The number of ether oxygens (including phenoxy) is 1. The lowest BCUT2D eigenvalue weighted by Crippen LogP contribution is -1.98. The zero-order valence-electron chi connectivity index (χ0n) is 11.7. The number of aryl methyl sites for hydroxylation is 3. The van der Waals surface area contributed by atoms with E-state index in [4.69, 9.17) is 9.15 Å². The molecule has 2 rings (SSSR count). The number of furan rings is 1. The van der Waals surface area contributed by atoms with Gasteiger partial charge in [-0.15, -0.1) is 0 Å². The van der Waals surface area contributed by atoms with Crippen LogP contribution in [0.1, 0.15) is 39.7 Å². The number of hydrogen-bond donors (Lipinski definition) is 0. The zero-order chi connectivity index (χ0) is 13.6. The highest BCUT2D eigenvalue weighted by Crippen LogP contribution is 2.39. The van der Waals surface area contributed by atoms with Gasteiger partial charge in [-0.2, -0.15) is 0 Å². The molecule has 0 aliphatic rings. The summed E-state index contributed by atoms with van der Waals surface area (Å²) < 4.78 is 11.2. The molecule has 0 N–H and O–H groups in total. The number of methoxy groups -OCH3 is 1. The molecule has 1 heterocycles. The summed E-state index contributed by atoms with van der Waals surface area (Å²) in [5.41, 5.74) is 4.53. The first kappa shape index (κ1) is 12.7. The topological polar surface area (TPSA) is 39.4 Å². The molecule has 0 fully saturated rings. The molecule has 0 saturated heterocycles. The molecule has 1 aromatic heterocycles. The molecule has 0 spiro atoms. The molecular weight excluding hydrogens is 228 g/mol. The first-order valence-electron chi connectivity index (χ1n) is 5.97. The van der Waals surface area contributed by atoms with Crippen molar-refractivity contribution in [3.8, 4) is 5.75 Å². The number of benzene rings is 1. The lowest BCUT2D eigenvalue weighted by Gasteiger charge is -2.12. The summed E-state index contributed by atoms with van der Waals surface area (Å²) >= 11 is 0. The van der Waals surface area contributed by atoms with Gasteiger partial charge in [-0.3, -0.25) is 4.79 Å². The highest BCUT2D eigenvalue weighted by molar-refractivity contribution is 6.09. The van der Waals surface area contributed by atoms with E-state index < -0.39 is 0 Å². The van der Waals surface area contributed by atoms with E-state index in [9.17, 15) is 4.79 Å². The number of carbonyl (C=O) groups excluding carboxylic acids is 1. The van der Waals surface area contributed by atoms with Crippen molar-refractivity contribution in [2.45, 2.75) is 34.6 Å². The highest BCUT2D eigenvalue weighted by atomic mass is 16.5. The number of carbonyl (C=O) groups is 1. The maximum atomic E-state index is 11.8. The van der Waals surface area contributed by atoms with Crippen LogP contribution in [0.5, 0.6) is 5.75 Å². The van der Waals surface area contributed by atoms with Crippen LogP contribution in [0.3, 0.4) is 0 Å². The molecule has 3 nitrogen and oxygen atoms in total. The molecule has 0 unspecified atom stereocenters. The minimum Gasteiger partial charge on any atom is -0.496 e. The minimum absolute atomic E-state index is 0.0275. The fraction of sp³-hybridized carbons (Fsp3) is 0.400. The van der Waals surface area contributed by atoms with Gasteiger partial charge >= 0.3 is 0 Å². The van der Waals surface area contributed by atoms with Gasteiger partial charge in [0.2, 0.25) is 0 Å². The van der Waals surface area contributed by atoms with E-state index in [-0.39, 0.29) is 5.78 Å². The van der Waals surface area contributed by atoms with Gasteiger partial charge in [-0.25, -0.2) is 0 Å². The largest absolute Gasteiger partial charge is 0.496 e. The molecule has 0 aliphatic heterocycles. The van der Waals surface area contributed by atoms with Gasteiger partial charge in [-0.05, 0) is 45.7 Å². The van der Waals surface area contributed by atoms with Gasteiger partial charge in [0.15, 0.2) is 5.78 Å². The van der Waals surface area contributed by atoms with Crippen LogP contribution in [0.2, 0.25) is 0 Å². The summed E-state index contributed by atoms with van der Waals surface area (Å²) in [6.07, 6.45) is 0. The third kappa shape index (κ3) is 1.54. The smallest absolute Gasteiger partial charge is 0.163 e. The molecule has 0 saturated carbocycles. The van der Waals surface area contributed by atoms with Crippen molar-refractivity contribution in [3.63, 3.8) is 0 Å². The fourth-order valence-electron chi connectivity index (χ4n) is 2.63. The number of Topliss-reactive ketones (excluding diaryl/α,β-unsaturated/α-hetero) is 1. The Hall–Kier alpha value is -1.77. The zero-order valence-corrected chi connectivity index (χ0v) is 11.7. The summed E-state index contributed by atoms with van der Waals surface area (Å²) in [5, 5.41) is 0.889. The Labute approximate surface area is 107 Å². The standard InChI is InChI=1S/C15H18O3/c1-7-8(2)15-12(9(3)14(7)17-6)13(10(4)16)11(5)18-15/h1-6H3. The van der Waals surface area contributed by atoms with Crippen LogP contribution in [0.4, 0.5) is 0 Å². The quantitative estimate of drug-likeness (QED) is 0.755. The Morgan fingerprint density at radius 1 is 1.06 bits per heavy atom. The van der Waals surface area contributed by atoms with Crippen LogP contribution in [0.15, 0.2) is 4.42 Å². The predicted octanol–water partition coefficient (Wildman–Crippen LogP) is 3.88. The van der Waals surface area contributed by atoms with Crippen LogP contribution in [0.25, 0.3) is 11.0 Å². The third-order valence-electron chi connectivity index (χ3n) is 3.60. The molecule has 18 heavy (non-hydrogen) atoms. The van der Waals surface area contributed by atoms with Crippen LogP contribution in [-0.2, 0) is 0 Å². The normalized spacial score (nSPS) is 11.0. The van der Waals surface area contributed by atoms with E-state index in [1.165, 1.54) is 0 Å². The van der Waals surface area contributed by atoms with Crippen molar-refractivity contribution >= 4 is 16.8 Å². The number of ketones is 1. The summed E-state index contributed by atoms with van der Waals surface area (Å²) in [6.45, 7) is 9.36. The molecule has 0 bridgehead atoms. The second-order valence-electron chi connectivity index (χ2n) is 4.70. The maximum absolute atomic E-state index is 11.8. The van der Waals surface area contributed by atoms with Crippen LogP contribution in [-0.4, -0.2) is 12.9 Å². The van der Waals surface area contributed by atoms with E-state index in [2.05, 4.69) is 0 Å². The van der Waals surface area contributed by atoms with Gasteiger partial charge in [0, 0.05) is 10.9 Å². The predicted molar refractivity (Wildman–Crippen MR) is 71.7 cm³/mol. The first-order chi connectivity index (χ1) is 8.40. The van der Waals surface area contributed by atoms with E-state index in [1.54, 1.807) is 14.0 Å². The Morgan fingerprint density at radius 3 is 2.17 bits per heavy atom. The van der Waals surface area contributed by atoms with Crippen LogP contribution >= 0.6 is 0 Å². The lowest BCUT2D eigenvalue weighted by molar-refractivity contribution is 0.101. The molecule has 1 aromatic carbocycles. The van der Waals surface area contributed by atoms with Crippen LogP contribution in [0, 0.1) is 27.7 Å².